The molecule has 0 aliphatic carbocycles. The molecule has 5 nitrogen and oxygen atoms in total. The van der Waals surface area contributed by atoms with E-state index in [-0.39, 0.29) is 35.7 Å². The third-order valence-electron chi connectivity index (χ3n) is 5.30. The number of likely N-dealkylation sites (tertiary alicyclic amines) is 1. The first-order chi connectivity index (χ1) is 11.4. The molecule has 3 N–H and O–H groups in total. The van der Waals surface area contributed by atoms with Crippen LogP contribution in [0.3, 0.4) is 0 Å². The molecule has 1 saturated heterocycles. The molecule has 1 aromatic carbocycles. The molecule has 24 heavy (non-hydrogen) atoms. The molecule has 0 aromatic heterocycles. The van der Waals surface area contributed by atoms with Crippen LogP contribution < -0.4 is 11.1 Å². The number of benzene rings is 1. The number of nitrogens with two attached hydrogens (primary N) is 1. The van der Waals surface area contributed by atoms with Crippen molar-refractivity contribution in [3.63, 3.8) is 0 Å². The first-order valence-corrected chi connectivity index (χ1v) is 8.81. The molecule has 0 bridgehead atoms. The highest BCUT2D eigenvalue weighted by atomic mass is 16.2. The Labute approximate surface area is 144 Å². The summed E-state index contributed by atoms with van der Waals surface area (Å²) in [6.07, 6.45) is 1.90. The summed E-state index contributed by atoms with van der Waals surface area (Å²) in [6.45, 7) is 6.98. The number of hydrogen-bond donors (Lipinski definition) is 2. The lowest BCUT2D eigenvalue weighted by Gasteiger charge is -2.28. The number of amides is 2. The predicted molar refractivity (Wildman–Crippen MR) is 95.2 cm³/mol. The second kappa shape index (κ2) is 7.79. The Morgan fingerprint density at radius 2 is 1.96 bits per heavy atom. The van der Waals surface area contributed by atoms with Crippen LogP contribution in [0, 0.1) is 5.92 Å². The Morgan fingerprint density at radius 3 is 2.54 bits per heavy atom. The van der Waals surface area contributed by atoms with Crippen LogP contribution in [0.1, 0.15) is 51.6 Å². The summed E-state index contributed by atoms with van der Waals surface area (Å²) in [5.41, 5.74) is 6.95. The summed E-state index contributed by atoms with van der Waals surface area (Å²) in [5, 5.41) is 2.94. The van der Waals surface area contributed by atoms with Crippen molar-refractivity contribution in [3.8, 4) is 0 Å². The molecular weight excluding hydrogens is 302 g/mol. The number of nitrogens with one attached hydrogen (secondary N) is 1. The van der Waals surface area contributed by atoms with E-state index in [2.05, 4.69) is 5.32 Å². The second-order valence-corrected chi connectivity index (χ2v) is 6.82. The lowest BCUT2D eigenvalue weighted by atomic mass is 9.94. The van der Waals surface area contributed by atoms with E-state index in [0.717, 1.165) is 18.4 Å². The highest BCUT2D eigenvalue weighted by molar-refractivity contribution is 5.89. The minimum absolute atomic E-state index is 0.0172. The van der Waals surface area contributed by atoms with Crippen molar-refractivity contribution in [2.75, 3.05) is 13.1 Å². The van der Waals surface area contributed by atoms with Crippen LogP contribution in [-0.2, 0) is 9.59 Å². The van der Waals surface area contributed by atoms with Gasteiger partial charge in [0.05, 0.1) is 12.0 Å². The molecule has 1 fully saturated rings. The molecule has 0 saturated carbocycles. The highest BCUT2D eigenvalue weighted by Crippen LogP contribution is 2.28. The maximum atomic E-state index is 12.4. The van der Waals surface area contributed by atoms with Crippen LogP contribution in [-0.4, -0.2) is 35.3 Å². The van der Waals surface area contributed by atoms with E-state index >= 15 is 0 Å². The van der Waals surface area contributed by atoms with Crippen molar-refractivity contribution in [3.05, 3.63) is 35.9 Å². The normalized spacial score (nSPS) is 19.4. The lowest BCUT2D eigenvalue weighted by molar-refractivity contribution is -0.130. The highest BCUT2D eigenvalue weighted by Gasteiger charge is 2.37. The van der Waals surface area contributed by atoms with Crippen LogP contribution in [0.4, 0.5) is 0 Å². The summed E-state index contributed by atoms with van der Waals surface area (Å²) in [7, 11) is 0. The summed E-state index contributed by atoms with van der Waals surface area (Å²) in [6, 6.07) is 9.89. The fourth-order valence-electron chi connectivity index (χ4n) is 3.10. The molecule has 2 rings (SSSR count). The van der Waals surface area contributed by atoms with Gasteiger partial charge in [0.25, 0.3) is 0 Å². The molecule has 0 spiro atoms. The van der Waals surface area contributed by atoms with E-state index in [0.29, 0.717) is 13.1 Å². The minimum atomic E-state index is -0.366. The van der Waals surface area contributed by atoms with E-state index in [1.807, 2.05) is 51.1 Å². The largest absolute Gasteiger partial charge is 0.354 e. The first-order valence-electron chi connectivity index (χ1n) is 8.81. The van der Waals surface area contributed by atoms with E-state index in [4.69, 9.17) is 5.73 Å². The Hall–Kier alpha value is -1.88. The first kappa shape index (κ1) is 18.5. The van der Waals surface area contributed by atoms with E-state index in [9.17, 15) is 9.59 Å². The SMILES string of the molecule is CCC(N)(CC)CNC(=O)C1CC(=O)N(C(C)c2ccccc2)C1. The molecule has 1 aliphatic heterocycles. The summed E-state index contributed by atoms with van der Waals surface area (Å²) < 4.78 is 0. The number of carbonyl (C=O) groups is 2. The summed E-state index contributed by atoms with van der Waals surface area (Å²) in [5.74, 6) is -0.319. The number of rotatable bonds is 7. The topological polar surface area (TPSA) is 75.4 Å². The van der Waals surface area contributed by atoms with Crippen LogP contribution in [0.25, 0.3) is 0 Å². The zero-order valence-corrected chi connectivity index (χ0v) is 14.9. The average molecular weight is 331 g/mol. The Balaban J connectivity index is 1.95. The van der Waals surface area contributed by atoms with Gasteiger partial charge in [-0.3, -0.25) is 9.59 Å². The fraction of sp³-hybridized carbons (Fsp3) is 0.579. The van der Waals surface area contributed by atoms with Gasteiger partial charge in [0.1, 0.15) is 0 Å². The molecule has 2 amide bonds. The minimum Gasteiger partial charge on any atom is -0.354 e. The zero-order valence-electron chi connectivity index (χ0n) is 14.9. The lowest BCUT2D eigenvalue weighted by Crippen LogP contribution is -2.50. The molecule has 132 valence electrons. The molecule has 5 heteroatoms. The Morgan fingerprint density at radius 1 is 1.33 bits per heavy atom. The molecule has 1 aromatic rings. The van der Waals surface area contributed by atoms with Gasteiger partial charge in [0.2, 0.25) is 11.8 Å². The molecule has 1 aliphatic rings. The van der Waals surface area contributed by atoms with Gasteiger partial charge in [-0.25, -0.2) is 0 Å². The maximum absolute atomic E-state index is 12.4. The molecule has 2 atom stereocenters. The van der Waals surface area contributed by atoms with Crippen molar-refractivity contribution < 1.29 is 9.59 Å². The van der Waals surface area contributed by atoms with Gasteiger partial charge < -0.3 is 16.0 Å². The summed E-state index contributed by atoms with van der Waals surface area (Å²) >= 11 is 0. The molecular formula is C19H29N3O2. The van der Waals surface area contributed by atoms with E-state index in [1.165, 1.54) is 0 Å². The Kier molecular flexibility index (Phi) is 5.99. The molecule has 2 unspecified atom stereocenters. The van der Waals surface area contributed by atoms with Gasteiger partial charge in [0.15, 0.2) is 0 Å². The number of nitrogens with zero attached hydrogens (tertiary/aromatic N) is 1. The van der Waals surface area contributed by atoms with Crippen molar-refractivity contribution in [2.45, 2.75) is 51.6 Å². The zero-order chi connectivity index (χ0) is 17.7. The van der Waals surface area contributed by atoms with Crippen molar-refractivity contribution in [2.24, 2.45) is 11.7 Å². The van der Waals surface area contributed by atoms with Gasteiger partial charge >= 0.3 is 0 Å². The van der Waals surface area contributed by atoms with E-state index < -0.39 is 0 Å². The van der Waals surface area contributed by atoms with Crippen LogP contribution in [0.15, 0.2) is 30.3 Å². The van der Waals surface area contributed by atoms with Gasteiger partial charge in [-0.2, -0.15) is 0 Å². The van der Waals surface area contributed by atoms with Gasteiger partial charge in [0, 0.05) is 25.0 Å². The quantitative estimate of drug-likeness (QED) is 0.804. The van der Waals surface area contributed by atoms with Crippen LogP contribution in [0.2, 0.25) is 0 Å². The van der Waals surface area contributed by atoms with Crippen LogP contribution in [0.5, 0.6) is 0 Å². The second-order valence-electron chi connectivity index (χ2n) is 6.82. The molecule has 0 radical (unpaired) electrons. The smallest absolute Gasteiger partial charge is 0.225 e. The monoisotopic (exact) mass is 331 g/mol. The van der Waals surface area contributed by atoms with Gasteiger partial charge in [-0.05, 0) is 25.3 Å². The van der Waals surface area contributed by atoms with E-state index in [1.54, 1.807) is 4.90 Å². The van der Waals surface area contributed by atoms with Crippen molar-refractivity contribution >= 4 is 11.8 Å². The maximum Gasteiger partial charge on any atom is 0.225 e. The van der Waals surface area contributed by atoms with Gasteiger partial charge in [-0.15, -0.1) is 0 Å². The third kappa shape index (κ3) is 4.15. The number of carbonyl (C=O) groups excluding carboxylic acids is 2. The summed E-state index contributed by atoms with van der Waals surface area (Å²) in [4.78, 5) is 26.6. The van der Waals surface area contributed by atoms with Gasteiger partial charge in [-0.1, -0.05) is 44.2 Å². The standard InChI is InChI=1S/C19H29N3O2/c1-4-19(20,5-2)13-21-18(24)16-11-17(23)22(12-16)14(3)15-9-7-6-8-10-15/h6-10,14,16H,4-5,11-13,20H2,1-3H3,(H,21,24). The third-order valence-corrected chi connectivity index (χ3v) is 5.30. The van der Waals surface area contributed by atoms with Crippen LogP contribution >= 0.6 is 0 Å². The fourth-order valence-corrected chi connectivity index (χ4v) is 3.10. The Bertz CT molecular complexity index is 569. The van der Waals surface area contributed by atoms with Crippen molar-refractivity contribution in [1.29, 1.82) is 0 Å². The number of hydrogen-bond acceptors (Lipinski definition) is 3. The van der Waals surface area contributed by atoms with Crippen molar-refractivity contribution in [1.82, 2.24) is 10.2 Å². The predicted octanol–water partition coefficient (Wildman–Crippen LogP) is 2.23. The molecule has 1 heterocycles. The average Bonchev–Trinajstić information content (AvgIpc) is 3.01.